The first-order chi connectivity index (χ1) is 14.6. The summed E-state index contributed by atoms with van der Waals surface area (Å²) >= 11 is 0. The lowest BCUT2D eigenvalue weighted by Crippen LogP contribution is -2.40. The number of esters is 1. The molecule has 0 saturated carbocycles. The third kappa shape index (κ3) is 20.0. The molecule has 0 radical (unpaired) electrons. The van der Waals surface area contributed by atoms with Crippen molar-refractivity contribution in [3.05, 3.63) is 0 Å². The van der Waals surface area contributed by atoms with Crippen LogP contribution in [0.4, 0.5) is 4.79 Å². The summed E-state index contributed by atoms with van der Waals surface area (Å²) in [6.45, 7) is 6.72. The summed E-state index contributed by atoms with van der Waals surface area (Å²) in [6, 6.07) is -0.671. The molecule has 0 rings (SSSR count). The molecule has 1 atom stereocenters. The van der Waals surface area contributed by atoms with E-state index < -0.39 is 18.1 Å². The predicted molar refractivity (Wildman–Crippen MR) is 125 cm³/mol. The van der Waals surface area contributed by atoms with E-state index in [2.05, 4.69) is 12.2 Å². The molecule has 0 bridgehead atoms. The summed E-state index contributed by atoms with van der Waals surface area (Å²) in [5.41, 5.74) is 0. The number of unbranched alkanes of at least 4 members (excludes halogenated alkanes) is 15. The molecule has 5 nitrogen and oxygen atoms in total. The fourth-order valence-corrected chi connectivity index (χ4v) is 3.36. The highest BCUT2D eigenvalue weighted by atomic mass is 16.6. The minimum Gasteiger partial charge on any atom is -0.464 e. The molecule has 0 heterocycles. The Hall–Kier alpha value is -1.26. The Balaban J connectivity index is 3.34. The zero-order valence-electron chi connectivity index (χ0n) is 20.1. The molecular weight excluding hydrogens is 378 g/mol. The number of carbonyl (C=O) groups excluding carboxylic acids is 2. The smallest absolute Gasteiger partial charge is 0.407 e. The summed E-state index contributed by atoms with van der Waals surface area (Å²) in [5.74, 6) is -0.396. The lowest BCUT2D eigenvalue weighted by molar-refractivity contribution is -0.145. The Bertz CT molecular complexity index is 401. The number of ether oxygens (including phenoxy) is 2. The van der Waals surface area contributed by atoms with Crippen molar-refractivity contribution in [2.75, 3.05) is 13.2 Å². The van der Waals surface area contributed by atoms with Crippen molar-refractivity contribution >= 4 is 12.1 Å². The number of alkyl carbamates (subject to hydrolysis) is 1. The van der Waals surface area contributed by atoms with Crippen LogP contribution in [-0.4, -0.2) is 31.3 Å². The van der Waals surface area contributed by atoms with Gasteiger partial charge in [0.05, 0.1) is 13.2 Å². The van der Waals surface area contributed by atoms with Crippen LogP contribution in [0.15, 0.2) is 0 Å². The van der Waals surface area contributed by atoms with Crippen LogP contribution in [0, 0.1) is 0 Å². The third-order valence-corrected chi connectivity index (χ3v) is 5.41. The lowest BCUT2D eigenvalue weighted by Gasteiger charge is -2.13. The van der Waals surface area contributed by atoms with Crippen LogP contribution < -0.4 is 5.32 Å². The zero-order chi connectivity index (χ0) is 22.3. The fraction of sp³-hybridized carbons (Fsp3) is 0.920. The third-order valence-electron chi connectivity index (χ3n) is 5.41. The Labute approximate surface area is 186 Å². The average Bonchev–Trinajstić information content (AvgIpc) is 2.73. The van der Waals surface area contributed by atoms with Crippen LogP contribution in [0.25, 0.3) is 0 Å². The summed E-state index contributed by atoms with van der Waals surface area (Å²) in [6.07, 6.45) is 20.9. The van der Waals surface area contributed by atoms with E-state index in [1.165, 1.54) is 83.5 Å². The minimum atomic E-state index is -0.671. The first kappa shape index (κ1) is 28.7. The highest BCUT2D eigenvalue weighted by molar-refractivity contribution is 5.80. The van der Waals surface area contributed by atoms with Crippen LogP contribution in [0.1, 0.15) is 130 Å². The summed E-state index contributed by atoms with van der Waals surface area (Å²) < 4.78 is 10.2. The normalized spacial score (nSPS) is 11.8. The lowest BCUT2D eigenvalue weighted by atomic mass is 10.0. The van der Waals surface area contributed by atoms with Crippen molar-refractivity contribution in [2.45, 2.75) is 136 Å². The molecule has 0 saturated heterocycles. The molecular formula is C25H49NO4. The second-order valence-corrected chi connectivity index (χ2v) is 8.47. The van der Waals surface area contributed by atoms with Crippen LogP contribution in [0.2, 0.25) is 0 Å². The SMILES string of the molecule is CCCCCCCCCCCCCCCCCOC(=O)[C@H](C)NC(=O)OCCCC. The second kappa shape index (κ2) is 22.4. The molecule has 0 aromatic heterocycles. The first-order valence-corrected chi connectivity index (χ1v) is 12.7. The molecule has 0 aromatic carbocycles. The van der Waals surface area contributed by atoms with Gasteiger partial charge in [0, 0.05) is 0 Å². The number of nitrogens with one attached hydrogen (secondary N) is 1. The Morgan fingerprint density at radius 2 is 1.00 bits per heavy atom. The molecule has 0 aromatic rings. The Kier molecular flexibility index (Phi) is 21.5. The van der Waals surface area contributed by atoms with Crippen molar-refractivity contribution in [1.29, 1.82) is 0 Å². The molecule has 0 aliphatic rings. The van der Waals surface area contributed by atoms with E-state index >= 15 is 0 Å². The maximum atomic E-state index is 11.9. The van der Waals surface area contributed by atoms with Gasteiger partial charge in [-0.05, 0) is 19.8 Å². The highest BCUT2D eigenvalue weighted by Crippen LogP contribution is 2.13. The molecule has 0 aliphatic heterocycles. The molecule has 0 aliphatic carbocycles. The molecule has 178 valence electrons. The topological polar surface area (TPSA) is 64.6 Å². The van der Waals surface area contributed by atoms with Gasteiger partial charge in [-0.15, -0.1) is 0 Å². The van der Waals surface area contributed by atoms with Crippen LogP contribution in [0.5, 0.6) is 0 Å². The van der Waals surface area contributed by atoms with E-state index in [0.29, 0.717) is 13.2 Å². The van der Waals surface area contributed by atoms with E-state index in [0.717, 1.165) is 25.7 Å². The van der Waals surface area contributed by atoms with Crippen molar-refractivity contribution < 1.29 is 19.1 Å². The van der Waals surface area contributed by atoms with Crippen molar-refractivity contribution in [1.82, 2.24) is 5.32 Å². The van der Waals surface area contributed by atoms with E-state index in [4.69, 9.17) is 9.47 Å². The van der Waals surface area contributed by atoms with E-state index in [1.807, 2.05) is 6.92 Å². The molecule has 1 N–H and O–H groups in total. The fourth-order valence-electron chi connectivity index (χ4n) is 3.36. The number of rotatable bonds is 21. The highest BCUT2D eigenvalue weighted by Gasteiger charge is 2.17. The van der Waals surface area contributed by atoms with Gasteiger partial charge in [0.2, 0.25) is 0 Å². The van der Waals surface area contributed by atoms with Crippen LogP contribution >= 0.6 is 0 Å². The monoisotopic (exact) mass is 427 g/mol. The quantitative estimate of drug-likeness (QED) is 0.154. The van der Waals surface area contributed by atoms with Gasteiger partial charge in [-0.1, -0.05) is 110 Å². The molecule has 0 unspecified atom stereocenters. The number of amides is 1. The van der Waals surface area contributed by atoms with E-state index in [-0.39, 0.29) is 0 Å². The maximum Gasteiger partial charge on any atom is 0.407 e. The number of carbonyl (C=O) groups is 2. The summed E-state index contributed by atoms with van der Waals surface area (Å²) in [5, 5.41) is 2.51. The zero-order valence-corrected chi connectivity index (χ0v) is 20.1. The summed E-state index contributed by atoms with van der Waals surface area (Å²) in [7, 11) is 0. The van der Waals surface area contributed by atoms with Gasteiger partial charge in [0.25, 0.3) is 0 Å². The van der Waals surface area contributed by atoms with Gasteiger partial charge in [-0.25, -0.2) is 9.59 Å². The van der Waals surface area contributed by atoms with Crippen molar-refractivity contribution in [2.24, 2.45) is 0 Å². The van der Waals surface area contributed by atoms with Crippen molar-refractivity contribution in [3.8, 4) is 0 Å². The summed E-state index contributed by atoms with van der Waals surface area (Å²) in [4.78, 5) is 23.4. The van der Waals surface area contributed by atoms with E-state index in [9.17, 15) is 9.59 Å². The molecule has 0 spiro atoms. The molecule has 1 amide bonds. The molecule has 0 fully saturated rings. The van der Waals surface area contributed by atoms with Crippen LogP contribution in [0.3, 0.4) is 0 Å². The number of hydrogen-bond acceptors (Lipinski definition) is 4. The number of hydrogen-bond donors (Lipinski definition) is 1. The first-order valence-electron chi connectivity index (χ1n) is 12.7. The molecule has 5 heteroatoms. The van der Waals surface area contributed by atoms with Gasteiger partial charge in [-0.3, -0.25) is 0 Å². The predicted octanol–water partition coefficient (Wildman–Crippen LogP) is 7.32. The average molecular weight is 428 g/mol. The minimum absolute atomic E-state index is 0.378. The van der Waals surface area contributed by atoms with Crippen LogP contribution in [-0.2, 0) is 14.3 Å². The van der Waals surface area contributed by atoms with Gasteiger partial charge < -0.3 is 14.8 Å². The van der Waals surface area contributed by atoms with Gasteiger partial charge in [0.1, 0.15) is 6.04 Å². The standard InChI is InChI=1S/C25H49NO4/c1-4-6-8-9-10-11-12-13-14-15-16-17-18-19-20-22-29-24(27)23(3)26-25(28)30-21-7-5-2/h23H,4-22H2,1-3H3,(H,26,28)/t23-/m0/s1. The van der Waals surface area contributed by atoms with E-state index in [1.54, 1.807) is 6.92 Å². The van der Waals surface area contributed by atoms with Gasteiger partial charge >= 0.3 is 12.1 Å². The Morgan fingerprint density at radius 1 is 0.600 bits per heavy atom. The molecule has 30 heavy (non-hydrogen) atoms. The largest absolute Gasteiger partial charge is 0.464 e. The van der Waals surface area contributed by atoms with Gasteiger partial charge in [-0.2, -0.15) is 0 Å². The second-order valence-electron chi connectivity index (χ2n) is 8.47. The maximum absolute atomic E-state index is 11.9. The Morgan fingerprint density at radius 3 is 1.47 bits per heavy atom. The van der Waals surface area contributed by atoms with Gasteiger partial charge in [0.15, 0.2) is 0 Å². The van der Waals surface area contributed by atoms with Crippen molar-refractivity contribution in [3.63, 3.8) is 0 Å².